The summed E-state index contributed by atoms with van der Waals surface area (Å²) in [6.07, 6.45) is -3.97. The van der Waals surface area contributed by atoms with Crippen molar-refractivity contribution in [1.82, 2.24) is 4.98 Å². The summed E-state index contributed by atoms with van der Waals surface area (Å²) in [5.41, 5.74) is 0.596. The summed E-state index contributed by atoms with van der Waals surface area (Å²) in [5, 5.41) is 2.58. The number of carbonyl (C=O) groups excluding carboxylic acids is 1. The number of hydrogen-bond acceptors (Lipinski definition) is 4. The van der Waals surface area contributed by atoms with Crippen molar-refractivity contribution in [2.45, 2.75) is 30.7 Å². The van der Waals surface area contributed by atoms with E-state index in [1.807, 2.05) is 0 Å². The molecule has 3 N–H and O–H groups in total. The molecule has 0 fully saturated rings. The molecule has 0 bridgehead atoms. The second kappa shape index (κ2) is 7.58. The topological polar surface area (TPSA) is 80.4 Å². The lowest BCUT2D eigenvalue weighted by Crippen LogP contribution is -2.54. The molecule has 0 spiro atoms. The Labute approximate surface area is 166 Å². The number of nitrogens with one attached hydrogen (secondary N) is 1. The van der Waals surface area contributed by atoms with Crippen LogP contribution in [0.4, 0.5) is 27.6 Å². The molecule has 1 aliphatic rings. The van der Waals surface area contributed by atoms with Gasteiger partial charge in [-0.2, -0.15) is 0 Å². The first kappa shape index (κ1) is 21.0. The molecule has 0 aliphatic carbocycles. The van der Waals surface area contributed by atoms with E-state index in [0.717, 1.165) is 6.07 Å². The summed E-state index contributed by atoms with van der Waals surface area (Å²) >= 11 is 5.68. The van der Waals surface area contributed by atoms with E-state index in [1.165, 1.54) is 18.3 Å². The molecule has 0 saturated carbocycles. The molecule has 3 rings (SSSR count). The minimum atomic E-state index is -4.06. The van der Waals surface area contributed by atoms with Crippen LogP contribution >= 0.6 is 11.6 Å². The monoisotopic (exact) mass is 432 g/mol. The summed E-state index contributed by atoms with van der Waals surface area (Å²) in [7, 11) is 0. The van der Waals surface area contributed by atoms with E-state index in [-0.39, 0.29) is 16.4 Å². The fraction of sp³-hybridized carbons (Fsp3) is 0.278. The van der Waals surface area contributed by atoms with Crippen molar-refractivity contribution in [2.75, 3.05) is 5.32 Å². The lowest BCUT2D eigenvalue weighted by Gasteiger charge is -2.40. The van der Waals surface area contributed by atoms with Gasteiger partial charge in [0.1, 0.15) is 11.5 Å². The smallest absolute Gasteiger partial charge is 0.283 e. The molecule has 5 nitrogen and oxygen atoms in total. The molecule has 1 amide bonds. The fourth-order valence-electron chi connectivity index (χ4n) is 3.02. The highest BCUT2D eigenvalue weighted by Gasteiger charge is 2.63. The number of carbonyl (C=O) groups is 1. The van der Waals surface area contributed by atoms with Crippen molar-refractivity contribution in [3.05, 3.63) is 58.6 Å². The summed E-state index contributed by atoms with van der Waals surface area (Å²) in [6, 6.07) is 5.13. The molecular weight excluding hydrogens is 419 g/mol. The van der Waals surface area contributed by atoms with Gasteiger partial charge in [-0.1, -0.05) is 11.6 Å². The second-order valence-corrected chi connectivity index (χ2v) is 6.82. The van der Waals surface area contributed by atoms with Crippen LogP contribution in [0, 0.1) is 5.82 Å². The third kappa shape index (κ3) is 3.76. The first-order valence-corrected chi connectivity index (χ1v) is 8.68. The highest BCUT2D eigenvalue weighted by molar-refractivity contribution is 6.30. The molecule has 0 saturated heterocycles. The Balaban J connectivity index is 2.05. The number of anilines is 1. The van der Waals surface area contributed by atoms with Crippen LogP contribution in [0.25, 0.3) is 0 Å². The maximum absolute atomic E-state index is 14.6. The maximum Gasteiger partial charge on any atom is 0.283 e. The number of nitrogens with zero attached hydrogens (tertiary/aromatic N) is 2. The third-order valence-corrected chi connectivity index (χ3v) is 4.71. The van der Waals surface area contributed by atoms with Crippen molar-refractivity contribution in [2.24, 2.45) is 10.7 Å². The van der Waals surface area contributed by atoms with Gasteiger partial charge in [0.05, 0.1) is 10.9 Å². The Kier molecular flexibility index (Phi) is 5.48. The molecule has 1 aliphatic heterocycles. The van der Waals surface area contributed by atoms with Gasteiger partial charge in [0.2, 0.25) is 5.54 Å². The SMILES string of the molecule is NC1=NC(c2cc(NC(=O)c3ccc(Cl)cn3)ccc2F)(C(F)F)C(F)(F)CC1. The van der Waals surface area contributed by atoms with Gasteiger partial charge in [-0.15, -0.1) is 0 Å². The minimum absolute atomic E-state index is 0.0749. The van der Waals surface area contributed by atoms with E-state index in [0.29, 0.717) is 12.1 Å². The van der Waals surface area contributed by atoms with E-state index in [9.17, 15) is 26.7 Å². The predicted molar refractivity (Wildman–Crippen MR) is 97.1 cm³/mol. The number of hydrogen-bond donors (Lipinski definition) is 2. The number of benzene rings is 1. The second-order valence-electron chi connectivity index (χ2n) is 6.39. The van der Waals surface area contributed by atoms with Crippen LogP contribution < -0.4 is 11.1 Å². The van der Waals surface area contributed by atoms with Gasteiger partial charge in [-0.25, -0.2) is 31.9 Å². The Morgan fingerprint density at radius 1 is 1.24 bits per heavy atom. The van der Waals surface area contributed by atoms with Crippen molar-refractivity contribution in [3.8, 4) is 0 Å². The van der Waals surface area contributed by atoms with Gasteiger partial charge < -0.3 is 11.1 Å². The molecular formula is C18H14ClF5N4O. The Hall–Kier alpha value is -2.75. The number of pyridine rings is 1. The minimum Gasteiger partial charge on any atom is -0.387 e. The number of nitrogens with two attached hydrogens (primary N) is 1. The number of aromatic nitrogens is 1. The standard InChI is InChI=1S/C18H14ClF5N4O/c19-9-1-4-13(26-8-9)15(29)27-10-2-3-12(20)11(7-10)18(16(21)22)17(23,24)6-5-14(25)28-18/h1-4,7-8,16H,5-6H2,(H2,25,28)(H,27,29). The van der Waals surface area contributed by atoms with Crippen molar-refractivity contribution in [3.63, 3.8) is 0 Å². The molecule has 1 atom stereocenters. The number of alkyl halides is 4. The van der Waals surface area contributed by atoms with E-state index in [2.05, 4.69) is 15.3 Å². The lowest BCUT2D eigenvalue weighted by molar-refractivity contribution is -0.145. The molecule has 1 unspecified atom stereocenters. The van der Waals surface area contributed by atoms with Gasteiger partial charge in [-0.3, -0.25) is 4.79 Å². The molecule has 1 aromatic heterocycles. The Bertz CT molecular complexity index is 967. The summed E-state index contributed by atoms with van der Waals surface area (Å²) in [5.74, 6) is -6.60. The molecule has 29 heavy (non-hydrogen) atoms. The Morgan fingerprint density at radius 3 is 2.59 bits per heavy atom. The fourth-order valence-corrected chi connectivity index (χ4v) is 3.14. The molecule has 2 aromatic rings. The van der Waals surface area contributed by atoms with Crippen LogP contribution in [0.5, 0.6) is 0 Å². The number of halogens is 6. The third-order valence-electron chi connectivity index (χ3n) is 4.48. The summed E-state index contributed by atoms with van der Waals surface area (Å²) < 4.78 is 71.4. The molecule has 11 heteroatoms. The normalized spacial score (nSPS) is 21.0. The zero-order valence-corrected chi connectivity index (χ0v) is 15.4. The highest BCUT2D eigenvalue weighted by Crippen LogP contribution is 2.51. The van der Waals surface area contributed by atoms with Gasteiger partial charge in [-0.05, 0) is 30.3 Å². The number of amides is 1. The summed E-state index contributed by atoms with van der Waals surface area (Å²) in [6.45, 7) is 0. The van der Waals surface area contributed by atoms with E-state index < -0.39 is 53.9 Å². The average Bonchev–Trinajstić information content (AvgIpc) is 2.65. The zero-order valence-electron chi connectivity index (χ0n) is 14.6. The van der Waals surface area contributed by atoms with E-state index >= 15 is 0 Å². The Morgan fingerprint density at radius 2 is 1.97 bits per heavy atom. The average molecular weight is 433 g/mol. The van der Waals surface area contributed by atoms with Crippen LogP contribution in [-0.4, -0.2) is 29.1 Å². The lowest BCUT2D eigenvalue weighted by atomic mass is 9.79. The van der Waals surface area contributed by atoms with Crippen LogP contribution in [0.3, 0.4) is 0 Å². The van der Waals surface area contributed by atoms with Crippen molar-refractivity contribution >= 4 is 29.0 Å². The quantitative estimate of drug-likeness (QED) is 0.704. The first-order chi connectivity index (χ1) is 13.6. The predicted octanol–water partition coefficient (Wildman–Crippen LogP) is 4.37. The number of rotatable bonds is 4. The van der Waals surface area contributed by atoms with Crippen molar-refractivity contribution in [1.29, 1.82) is 0 Å². The van der Waals surface area contributed by atoms with Gasteiger partial charge in [0.25, 0.3) is 18.3 Å². The maximum atomic E-state index is 14.6. The van der Waals surface area contributed by atoms with Crippen LogP contribution in [0.1, 0.15) is 28.9 Å². The first-order valence-electron chi connectivity index (χ1n) is 8.30. The summed E-state index contributed by atoms with van der Waals surface area (Å²) in [4.78, 5) is 19.3. The van der Waals surface area contributed by atoms with Crippen LogP contribution in [0.2, 0.25) is 5.02 Å². The highest BCUT2D eigenvalue weighted by atomic mass is 35.5. The van der Waals surface area contributed by atoms with Crippen LogP contribution in [-0.2, 0) is 5.54 Å². The van der Waals surface area contributed by atoms with E-state index in [4.69, 9.17) is 17.3 Å². The van der Waals surface area contributed by atoms with E-state index in [1.54, 1.807) is 0 Å². The number of aliphatic imine (C=N–C) groups is 1. The largest absolute Gasteiger partial charge is 0.387 e. The van der Waals surface area contributed by atoms with Gasteiger partial charge >= 0.3 is 0 Å². The van der Waals surface area contributed by atoms with Crippen molar-refractivity contribution < 1.29 is 26.7 Å². The molecule has 2 heterocycles. The molecule has 1 aromatic carbocycles. The molecule has 0 radical (unpaired) electrons. The zero-order chi connectivity index (χ0) is 21.4. The van der Waals surface area contributed by atoms with Gasteiger partial charge in [0.15, 0.2) is 0 Å². The molecule has 154 valence electrons. The number of amidine groups is 1. The van der Waals surface area contributed by atoms with Gasteiger partial charge in [0, 0.05) is 30.3 Å². The van der Waals surface area contributed by atoms with Crippen LogP contribution in [0.15, 0.2) is 41.5 Å².